The number of nitrogens with zero attached hydrogens (tertiary/aromatic N) is 2. The molecule has 2 aliphatic heterocycles. The Morgan fingerprint density at radius 3 is 2.61 bits per heavy atom. The van der Waals surface area contributed by atoms with Crippen LogP contribution in [0.4, 0.5) is 14.5 Å². The van der Waals surface area contributed by atoms with Crippen molar-refractivity contribution in [3.05, 3.63) is 81.5 Å². The SMILES string of the molecule is COc1ccc2c(c1)C1(CCN(Cc3ccc(F)c(F)c3)CC1)CN2C(=O)Cc1cccs1. The highest BCUT2D eigenvalue weighted by molar-refractivity contribution is 7.10. The molecule has 7 heteroatoms. The van der Waals surface area contributed by atoms with Crippen LogP contribution in [0.1, 0.15) is 28.8 Å². The number of methoxy groups -OCH3 is 1. The summed E-state index contributed by atoms with van der Waals surface area (Å²) in [6.45, 7) is 2.89. The van der Waals surface area contributed by atoms with Crippen molar-refractivity contribution in [3.8, 4) is 5.75 Å². The maximum absolute atomic E-state index is 13.6. The number of hydrogen-bond acceptors (Lipinski definition) is 4. The molecule has 1 aromatic heterocycles. The lowest BCUT2D eigenvalue weighted by Crippen LogP contribution is -2.46. The molecule has 2 aliphatic rings. The van der Waals surface area contributed by atoms with E-state index in [-0.39, 0.29) is 11.3 Å². The van der Waals surface area contributed by atoms with E-state index in [2.05, 4.69) is 11.0 Å². The number of likely N-dealkylation sites (tertiary alicyclic amines) is 1. The molecule has 3 heterocycles. The Kier molecular flexibility index (Phi) is 5.93. The molecule has 1 fully saturated rings. The van der Waals surface area contributed by atoms with Gasteiger partial charge in [0.25, 0.3) is 0 Å². The topological polar surface area (TPSA) is 32.8 Å². The van der Waals surface area contributed by atoms with Gasteiger partial charge in [0.1, 0.15) is 5.75 Å². The van der Waals surface area contributed by atoms with Gasteiger partial charge in [0, 0.05) is 29.1 Å². The fourth-order valence-electron chi connectivity index (χ4n) is 5.12. The molecule has 172 valence electrons. The zero-order valence-electron chi connectivity index (χ0n) is 18.5. The molecule has 0 atom stereocenters. The second-order valence-corrected chi connectivity index (χ2v) is 9.96. The van der Waals surface area contributed by atoms with Crippen LogP contribution < -0.4 is 9.64 Å². The second-order valence-electron chi connectivity index (χ2n) is 8.92. The minimum absolute atomic E-state index is 0.116. The molecule has 4 nitrogen and oxygen atoms in total. The smallest absolute Gasteiger partial charge is 0.232 e. The Morgan fingerprint density at radius 2 is 1.91 bits per heavy atom. The maximum atomic E-state index is 13.6. The van der Waals surface area contributed by atoms with Crippen molar-refractivity contribution in [1.82, 2.24) is 4.90 Å². The van der Waals surface area contributed by atoms with Crippen molar-refractivity contribution in [1.29, 1.82) is 0 Å². The van der Waals surface area contributed by atoms with Crippen molar-refractivity contribution >= 4 is 22.9 Å². The largest absolute Gasteiger partial charge is 0.497 e. The van der Waals surface area contributed by atoms with E-state index in [4.69, 9.17) is 4.74 Å². The fraction of sp³-hybridized carbons (Fsp3) is 0.346. The average molecular weight is 469 g/mol. The number of ether oxygens (including phenoxy) is 1. The molecule has 0 bridgehead atoms. The number of carbonyl (C=O) groups is 1. The van der Waals surface area contributed by atoms with E-state index in [1.807, 2.05) is 34.5 Å². The molecule has 0 aliphatic carbocycles. The van der Waals surface area contributed by atoms with E-state index in [1.54, 1.807) is 24.5 Å². The highest BCUT2D eigenvalue weighted by Gasteiger charge is 2.46. The predicted molar refractivity (Wildman–Crippen MR) is 126 cm³/mol. The van der Waals surface area contributed by atoms with E-state index >= 15 is 0 Å². The molecular formula is C26H26F2N2O2S. The molecule has 5 rings (SSSR count). The molecule has 33 heavy (non-hydrogen) atoms. The van der Waals surface area contributed by atoms with Crippen molar-refractivity contribution < 1.29 is 18.3 Å². The molecule has 0 radical (unpaired) electrons. The van der Waals surface area contributed by atoms with E-state index < -0.39 is 11.6 Å². The standard InChI is InChI=1S/C26H26F2N2O2S/c1-32-19-5-7-24-21(14-19)26(17-30(24)25(31)15-20-3-2-12-33-20)8-10-29(11-9-26)16-18-4-6-22(27)23(28)13-18/h2-7,12-14H,8-11,15-17H2,1H3. The van der Waals surface area contributed by atoms with Crippen molar-refractivity contribution in [3.63, 3.8) is 0 Å². The van der Waals surface area contributed by atoms with Gasteiger partial charge in [-0.25, -0.2) is 8.78 Å². The van der Waals surface area contributed by atoms with Crippen molar-refractivity contribution in [2.75, 3.05) is 31.6 Å². The molecule has 1 spiro atoms. The predicted octanol–water partition coefficient (Wildman–Crippen LogP) is 5.16. The number of piperidine rings is 1. The Hall–Kier alpha value is -2.77. The first kappa shape index (κ1) is 22.0. The first-order chi connectivity index (χ1) is 16.0. The third-order valence-electron chi connectivity index (χ3n) is 6.94. The van der Waals surface area contributed by atoms with Gasteiger partial charge in [0.2, 0.25) is 5.91 Å². The summed E-state index contributed by atoms with van der Waals surface area (Å²) >= 11 is 1.60. The zero-order chi connectivity index (χ0) is 23.0. The molecule has 1 amide bonds. The summed E-state index contributed by atoms with van der Waals surface area (Å²) < 4.78 is 32.4. The minimum atomic E-state index is -0.819. The van der Waals surface area contributed by atoms with Crippen LogP contribution in [0, 0.1) is 11.6 Å². The second kappa shape index (κ2) is 8.88. The fourth-order valence-corrected chi connectivity index (χ4v) is 5.81. The van der Waals surface area contributed by atoms with Crippen LogP contribution in [0.2, 0.25) is 0 Å². The number of amides is 1. The Morgan fingerprint density at radius 1 is 1.09 bits per heavy atom. The molecule has 0 unspecified atom stereocenters. The molecule has 2 aromatic carbocycles. The quantitative estimate of drug-likeness (QED) is 0.519. The number of halogens is 2. The van der Waals surface area contributed by atoms with Crippen molar-refractivity contribution in [2.45, 2.75) is 31.2 Å². The Labute approximate surface area is 196 Å². The number of benzene rings is 2. The van der Waals surface area contributed by atoms with Crippen LogP contribution >= 0.6 is 11.3 Å². The van der Waals surface area contributed by atoms with Gasteiger partial charge in [-0.3, -0.25) is 9.69 Å². The van der Waals surface area contributed by atoms with Crippen LogP contribution in [0.3, 0.4) is 0 Å². The molecule has 1 saturated heterocycles. The maximum Gasteiger partial charge on any atom is 0.232 e. The number of carbonyl (C=O) groups excluding carboxylic acids is 1. The number of rotatable bonds is 5. The number of anilines is 1. The van der Waals surface area contributed by atoms with Gasteiger partial charge in [-0.2, -0.15) is 0 Å². The minimum Gasteiger partial charge on any atom is -0.497 e. The number of hydrogen-bond donors (Lipinski definition) is 0. The third-order valence-corrected chi connectivity index (χ3v) is 7.81. The highest BCUT2D eigenvalue weighted by Crippen LogP contribution is 2.48. The van der Waals surface area contributed by atoms with Crippen LogP contribution in [0.25, 0.3) is 0 Å². The molecule has 3 aromatic rings. The Bertz CT molecular complexity index is 1160. The first-order valence-electron chi connectivity index (χ1n) is 11.1. The summed E-state index contributed by atoms with van der Waals surface area (Å²) in [5, 5.41) is 2.00. The average Bonchev–Trinajstić information content (AvgIpc) is 3.44. The monoisotopic (exact) mass is 468 g/mol. The number of thiophene rings is 1. The lowest BCUT2D eigenvalue weighted by atomic mass is 9.74. The number of fused-ring (bicyclic) bond motifs is 2. The van der Waals surface area contributed by atoms with Gasteiger partial charge >= 0.3 is 0 Å². The molecule has 0 saturated carbocycles. The summed E-state index contributed by atoms with van der Waals surface area (Å²) in [5.74, 6) is -0.715. The van der Waals surface area contributed by atoms with Gasteiger partial charge in [-0.15, -0.1) is 11.3 Å². The van der Waals surface area contributed by atoms with Gasteiger partial charge < -0.3 is 9.64 Å². The molecule has 0 N–H and O–H groups in total. The van der Waals surface area contributed by atoms with Crippen LogP contribution in [-0.4, -0.2) is 37.6 Å². The summed E-state index contributed by atoms with van der Waals surface area (Å²) in [6, 6.07) is 14.1. The van der Waals surface area contributed by atoms with E-state index in [0.29, 0.717) is 19.5 Å². The summed E-state index contributed by atoms with van der Waals surface area (Å²) in [5.41, 5.74) is 2.80. The Balaban J connectivity index is 1.35. The van der Waals surface area contributed by atoms with Crippen LogP contribution in [0.15, 0.2) is 53.9 Å². The third kappa shape index (κ3) is 4.27. The summed E-state index contributed by atoms with van der Waals surface area (Å²) in [7, 11) is 1.66. The summed E-state index contributed by atoms with van der Waals surface area (Å²) in [4.78, 5) is 18.5. The normalized spacial score (nSPS) is 17.4. The van der Waals surface area contributed by atoms with Gasteiger partial charge in [-0.1, -0.05) is 12.1 Å². The van der Waals surface area contributed by atoms with E-state index in [9.17, 15) is 13.6 Å². The van der Waals surface area contributed by atoms with Gasteiger partial charge in [-0.05, 0) is 78.8 Å². The van der Waals surface area contributed by atoms with Gasteiger partial charge in [0.15, 0.2) is 11.6 Å². The zero-order valence-corrected chi connectivity index (χ0v) is 19.3. The van der Waals surface area contributed by atoms with Crippen molar-refractivity contribution in [2.24, 2.45) is 0 Å². The van der Waals surface area contributed by atoms with Crippen LogP contribution in [0.5, 0.6) is 5.75 Å². The molecular weight excluding hydrogens is 442 g/mol. The summed E-state index contributed by atoms with van der Waals surface area (Å²) in [6.07, 6.45) is 2.18. The highest BCUT2D eigenvalue weighted by atomic mass is 32.1. The lowest BCUT2D eigenvalue weighted by Gasteiger charge is -2.40. The van der Waals surface area contributed by atoms with E-state index in [0.717, 1.165) is 47.8 Å². The van der Waals surface area contributed by atoms with Crippen LogP contribution in [-0.2, 0) is 23.2 Å². The van der Waals surface area contributed by atoms with E-state index in [1.165, 1.54) is 17.7 Å². The van der Waals surface area contributed by atoms with Gasteiger partial charge in [0.05, 0.1) is 13.5 Å². The lowest BCUT2D eigenvalue weighted by molar-refractivity contribution is -0.118. The first-order valence-corrected chi connectivity index (χ1v) is 12.0.